The van der Waals surface area contributed by atoms with Crippen molar-refractivity contribution < 1.29 is 9.53 Å². The van der Waals surface area contributed by atoms with Crippen molar-refractivity contribution in [2.45, 2.75) is 6.42 Å². The lowest BCUT2D eigenvalue weighted by atomic mass is 9.81. The molecule has 16 heavy (non-hydrogen) atoms. The number of ketones is 1. The van der Waals surface area contributed by atoms with E-state index in [2.05, 4.69) is 25.3 Å². The van der Waals surface area contributed by atoms with Gasteiger partial charge in [-0.15, -0.1) is 6.58 Å². The fourth-order valence-corrected chi connectivity index (χ4v) is 3.00. The summed E-state index contributed by atoms with van der Waals surface area (Å²) < 4.78 is 5.51. The Morgan fingerprint density at radius 2 is 2.12 bits per heavy atom. The predicted molar refractivity (Wildman–Crippen MR) is 63.9 cm³/mol. The van der Waals surface area contributed by atoms with Crippen molar-refractivity contribution in [2.24, 2.45) is 23.7 Å². The van der Waals surface area contributed by atoms with Gasteiger partial charge in [-0.1, -0.05) is 24.8 Å². The maximum Gasteiger partial charge on any atom is 0.159 e. The van der Waals surface area contributed by atoms with E-state index in [1.165, 1.54) is 6.08 Å². The third kappa shape index (κ3) is 1.90. The second kappa shape index (κ2) is 4.79. The van der Waals surface area contributed by atoms with Crippen LogP contribution in [0, 0.1) is 23.7 Å². The van der Waals surface area contributed by atoms with Gasteiger partial charge in [0.2, 0.25) is 0 Å². The molecule has 2 nitrogen and oxygen atoms in total. The Bertz CT molecular complexity index is 330. The van der Waals surface area contributed by atoms with E-state index in [4.69, 9.17) is 4.74 Å². The Hall–Kier alpha value is -1.15. The van der Waals surface area contributed by atoms with Crippen LogP contribution in [0.5, 0.6) is 0 Å². The molecule has 0 aromatic rings. The van der Waals surface area contributed by atoms with Crippen LogP contribution in [-0.2, 0) is 9.53 Å². The van der Waals surface area contributed by atoms with Crippen LogP contribution in [0.2, 0.25) is 0 Å². The molecule has 4 atom stereocenters. The number of carbonyl (C=O) groups excluding carboxylic acids is 1. The minimum absolute atomic E-state index is 0.0947. The quantitative estimate of drug-likeness (QED) is 0.389. The fourth-order valence-electron chi connectivity index (χ4n) is 3.00. The van der Waals surface area contributed by atoms with E-state index in [-0.39, 0.29) is 11.7 Å². The van der Waals surface area contributed by atoms with Gasteiger partial charge in [-0.25, -0.2) is 0 Å². The number of allylic oxidation sites excluding steroid dienone is 3. The minimum Gasteiger partial charge on any atom is -0.377 e. The van der Waals surface area contributed by atoms with Crippen molar-refractivity contribution in [3.8, 4) is 0 Å². The van der Waals surface area contributed by atoms with E-state index < -0.39 is 0 Å². The first-order valence-corrected chi connectivity index (χ1v) is 5.81. The molecule has 0 unspecified atom stereocenters. The zero-order chi connectivity index (χ0) is 11.5. The molecular formula is C14H18O2. The normalized spacial score (nSPS) is 35.2. The summed E-state index contributed by atoms with van der Waals surface area (Å²) >= 11 is 0. The van der Waals surface area contributed by atoms with Gasteiger partial charge < -0.3 is 4.74 Å². The van der Waals surface area contributed by atoms with Crippen molar-refractivity contribution >= 4 is 5.78 Å². The maximum absolute atomic E-state index is 11.8. The van der Waals surface area contributed by atoms with Crippen molar-refractivity contribution in [3.05, 3.63) is 37.5 Å². The molecule has 0 aromatic carbocycles. The summed E-state index contributed by atoms with van der Waals surface area (Å²) in [7, 11) is 0. The fraction of sp³-hybridized carbons (Fsp3) is 0.500. The topological polar surface area (TPSA) is 26.3 Å². The Morgan fingerprint density at radius 1 is 1.38 bits per heavy atom. The van der Waals surface area contributed by atoms with Crippen molar-refractivity contribution in [2.75, 3.05) is 13.2 Å². The van der Waals surface area contributed by atoms with Gasteiger partial charge in [-0.3, -0.25) is 4.79 Å². The molecule has 2 bridgehead atoms. The molecule has 0 N–H and O–H groups in total. The average Bonchev–Trinajstić information content (AvgIpc) is 2.88. The Labute approximate surface area is 96.7 Å². The highest BCUT2D eigenvalue weighted by Gasteiger charge is 2.46. The van der Waals surface area contributed by atoms with Crippen molar-refractivity contribution in [1.82, 2.24) is 0 Å². The lowest BCUT2D eigenvalue weighted by molar-refractivity contribution is -0.121. The van der Waals surface area contributed by atoms with E-state index in [1.54, 1.807) is 6.08 Å². The zero-order valence-corrected chi connectivity index (χ0v) is 9.47. The first kappa shape index (κ1) is 11.3. The molecule has 0 saturated heterocycles. The molecule has 0 aliphatic heterocycles. The van der Waals surface area contributed by atoms with E-state index in [9.17, 15) is 4.79 Å². The van der Waals surface area contributed by atoms with Crippen LogP contribution in [0.3, 0.4) is 0 Å². The summed E-state index contributed by atoms with van der Waals surface area (Å²) in [5.74, 6) is 1.53. The molecule has 1 saturated carbocycles. The van der Waals surface area contributed by atoms with E-state index in [0.29, 0.717) is 31.0 Å². The van der Waals surface area contributed by atoms with E-state index in [1.807, 2.05) is 0 Å². The van der Waals surface area contributed by atoms with Crippen LogP contribution in [0.25, 0.3) is 0 Å². The Balaban J connectivity index is 2.03. The van der Waals surface area contributed by atoms with Crippen molar-refractivity contribution in [3.63, 3.8) is 0 Å². The molecule has 0 aromatic heterocycles. The largest absolute Gasteiger partial charge is 0.377 e. The van der Waals surface area contributed by atoms with Crippen LogP contribution < -0.4 is 0 Å². The average molecular weight is 218 g/mol. The molecule has 2 rings (SSSR count). The number of rotatable bonds is 6. The maximum atomic E-state index is 11.8. The summed E-state index contributed by atoms with van der Waals surface area (Å²) in [6.45, 7) is 8.43. The summed E-state index contributed by atoms with van der Waals surface area (Å²) in [6.07, 6.45) is 8.72. The number of hydrogen-bond acceptors (Lipinski definition) is 2. The van der Waals surface area contributed by atoms with Crippen molar-refractivity contribution in [1.29, 1.82) is 0 Å². The molecule has 2 aliphatic rings. The molecule has 2 aliphatic carbocycles. The first-order valence-electron chi connectivity index (χ1n) is 5.81. The number of ether oxygens (including phenoxy) is 1. The third-order valence-corrected chi connectivity index (χ3v) is 3.70. The third-order valence-electron chi connectivity index (χ3n) is 3.70. The highest BCUT2D eigenvalue weighted by atomic mass is 16.5. The smallest absolute Gasteiger partial charge is 0.159 e. The molecular weight excluding hydrogens is 200 g/mol. The van der Waals surface area contributed by atoms with Gasteiger partial charge in [0.15, 0.2) is 5.78 Å². The first-order chi connectivity index (χ1) is 7.77. The van der Waals surface area contributed by atoms with Gasteiger partial charge in [0.05, 0.1) is 13.2 Å². The van der Waals surface area contributed by atoms with Gasteiger partial charge in [0.1, 0.15) is 0 Å². The SMILES string of the molecule is C=CCOC[C@@H]1[C@H](C(=O)C=C)[C@@H]2C=C[C@H]1C2. The summed E-state index contributed by atoms with van der Waals surface area (Å²) in [5.41, 5.74) is 0. The van der Waals surface area contributed by atoms with E-state index >= 15 is 0 Å². The summed E-state index contributed by atoms with van der Waals surface area (Å²) in [5, 5.41) is 0. The van der Waals surface area contributed by atoms with Crippen LogP contribution in [0.4, 0.5) is 0 Å². The van der Waals surface area contributed by atoms with Gasteiger partial charge in [-0.05, 0) is 30.3 Å². The Kier molecular flexibility index (Phi) is 3.39. The highest BCUT2D eigenvalue weighted by molar-refractivity contribution is 5.92. The molecule has 1 fully saturated rings. The monoisotopic (exact) mass is 218 g/mol. The lowest BCUT2D eigenvalue weighted by Gasteiger charge is -2.25. The van der Waals surface area contributed by atoms with Gasteiger partial charge in [0, 0.05) is 5.92 Å². The number of carbonyl (C=O) groups is 1. The standard InChI is InChI=1S/C14H18O2/c1-3-7-16-9-12-10-5-6-11(8-10)14(12)13(15)4-2/h3-6,10-12,14H,1-2,7-9H2/t10-,11+,12-,14+/m0/s1. The number of hydrogen-bond donors (Lipinski definition) is 0. The highest BCUT2D eigenvalue weighted by Crippen LogP contribution is 2.48. The van der Waals surface area contributed by atoms with Crippen LogP contribution in [0.1, 0.15) is 6.42 Å². The second-order valence-electron chi connectivity index (χ2n) is 4.57. The lowest BCUT2D eigenvalue weighted by Crippen LogP contribution is -2.29. The van der Waals surface area contributed by atoms with Crippen LogP contribution >= 0.6 is 0 Å². The van der Waals surface area contributed by atoms with Gasteiger partial charge in [-0.2, -0.15) is 0 Å². The predicted octanol–water partition coefficient (Wildman–Crippen LogP) is 2.38. The molecule has 0 amide bonds. The van der Waals surface area contributed by atoms with E-state index in [0.717, 1.165) is 6.42 Å². The van der Waals surface area contributed by atoms with Crippen LogP contribution in [-0.4, -0.2) is 19.0 Å². The van der Waals surface area contributed by atoms with Crippen LogP contribution in [0.15, 0.2) is 37.5 Å². The molecule has 0 spiro atoms. The second-order valence-corrected chi connectivity index (χ2v) is 4.57. The molecule has 0 radical (unpaired) electrons. The zero-order valence-electron chi connectivity index (χ0n) is 9.47. The summed E-state index contributed by atoms with van der Waals surface area (Å²) in [4.78, 5) is 11.8. The summed E-state index contributed by atoms with van der Waals surface area (Å²) in [6, 6.07) is 0. The van der Waals surface area contributed by atoms with Gasteiger partial charge >= 0.3 is 0 Å². The Morgan fingerprint density at radius 3 is 2.81 bits per heavy atom. The molecule has 86 valence electrons. The molecule has 2 heteroatoms. The minimum atomic E-state index is 0.0947. The van der Waals surface area contributed by atoms with Gasteiger partial charge in [0.25, 0.3) is 0 Å². The molecule has 0 heterocycles. The number of fused-ring (bicyclic) bond motifs is 2.